The second-order valence-electron chi connectivity index (χ2n) is 5.13. The van der Waals surface area contributed by atoms with E-state index in [4.69, 9.17) is 0 Å². The summed E-state index contributed by atoms with van der Waals surface area (Å²) in [5.41, 5.74) is -13.6. The van der Waals surface area contributed by atoms with Crippen LogP contribution in [0.2, 0.25) is 0 Å². The zero-order chi connectivity index (χ0) is 19.3. The van der Waals surface area contributed by atoms with E-state index in [0.717, 1.165) is 26.0 Å². The van der Waals surface area contributed by atoms with E-state index in [1.165, 1.54) is 6.92 Å². The molecular weight excluding hydrogens is 386 g/mol. The molecule has 0 aliphatic heterocycles. The second kappa shape index (κ2) is 5.90. The van der Waals surface area contributed by atoms with Crippen molar-refractivity contribution in [2.45, 2.75) is 36.4 Å². The molecule has 1 rings (SSSR count). The van der Waals surface area contributed by atoms with Crippen molar-refractivity contribution in [1.29, 1.82) is 0 Å². The fourth-order valence-electron chi connectivity index (χ4n) is 2.28. The van der Waals surface area contributed by atoms with E-state index in [0.29, 0.717) is 5.56 Å². The number of sulfone groups is 2. The summed E-state index contributed by atoms with van der Waals surface area (Å²) in [5.74, 6) is 0. The molecule has 0 aliphatic carbocycles. The van der Waals surface area contributed by atoms with Gasteiger partial charge in [-0.2, -0.15) is 26.3 Å². The van der Waals surface area contributed by atoms with Gasteiger partial charge in [-0.1, -0.05) is 17.7 Å². The van der Waals surface area contributed by atoms with Gasteiger partial charge in [-0.25, -0.2) is 16.8 Å². The predicted molar refractivity (Wildman–Crippen MR) is 73.3 cm³/mol. The Bertz CT molecular complexity index is 784. The van der Waals surface area contributed by atoms with Crippen molar-refractivity contribution >= 4 is 19.7 Å². The first-order valence-corrected chi connectivity index (χ1v) is 9.22. The van der Waals surface area contributed by atoms with Crippen LogP contribution in [-0.4, -0.2) is 27.9 Å². The van der Waals surface area contributed by atoms with Crippen LogP contribution in [0.15, 0.2) is 12.1 Å². The lowest BCUT2D eigenvalue weighted by Gasteiger charge is -2.24. The van der Waals surface area contributed by atoms with Crippen molar-refractivity contribution in [2.75, 3.05) is 0 Å². The number of rotatable bonds is 3. The average Bonchev–Trinajstić information content (AvgIpc) is 2.29. The lowest BCUT2D eigenvalue weighted by molar-refractivity contribution is -0.0472. The summed E-state index contributed by atoms with van der Waals surface area (Å²) in [7, 11) is -13.4. The molecule has 0 unspecified atom stereocenters. The Balaban J connectivity index is 3.99. The molecule has 138 valence electrons. The molecule has 0 saturated heterocycles. The van der Waals surface area contributed by atoms with Crippen LogP contribution in [0, 0.1) is 20.8 Å². The van der Waals surface area contributed by atoms with Gasteiger partial charge in [0, 0.05) is 0 Å². The van der Waals surface area contributed by atoms with E-state index in [-0.39, 0.29) is 11.1 Å². The molecule has 0 fully saturated rings. The number of aryl methyl sites for hydroxylation is 3. The molecule has 0 N–H and O–H groups in total. The summed E-state index contributed by atoms with van der Waals surface area (Å²) in [6.45, 7) is 3.55. The first-order chi connectivity index (χ1) is 10.4. The molecule has 4 nitrogen and oxygen atoms in total. The van der Waals surface area contributed by atoms with Crippen molar-refractivity contribution in [3.8, 4) is 0 Å². The van der Waals surface area contributed by atoms with Crippen molar-refractivity contribution in [2.24, 2.45) is 0 Å². The highest BCUT2D eigenvalue weighted by Crippen LogP contribution is 2.46. The SMILES string of the molecule is Cc1cc(C)c(C(S(=O)(=O)C(F)(F)F)S(=O)(=O)C(F)(F)F)c(C)c1. The van der Waals surface area contributed by atoms with Crippen molar-refractivity contribution in [1.82, 2.24) is 0 Å². The van der Waals surface area contributed by atoms with Crippen LogP contribution in [0.5, 0.6) is 0 Å². The number of halogens is 6. The third-order valence-electron chi connectivity index (χ3n) is 3.18. The van der Waals surface area contributed by atoms with Crippen molar-refractivity contribution in [3.05, 3.63) is 34.4 Å². The Kier molecular flexibility index (Phi) is 5.10. The highest BCUT2D eigenvalue weighted by molar-refractivity contribution is 8.09. The minimum absolute atomic E-state index is 0.307. The summed E-state index contributed by atoms with van der Waals surface area (Å²) >= 11 is 0. The van der Waals surface area contributed by atoms with Gasteiger partial charge in [0.05, 0.1) is 0 Å². The average molecular weight is 398 g/mol. The minimum atomic E-state index is -6.70. The van der Waals surface area contributed by atoms with Gasteiger partial charge in [-0.3, -0.25) is 0 Å². The summed E-state index contributed by atoms with van der Waals surface area (Å²) in [6, 6.07) is 2.21. The van der Waals surface area contributed by atoms with Crippen LogP contribution >= 0.6 is 0 Å². The molecule has 0 radical (unpaired) electrons. The lowest BCUT2D eigenvalue weighted by atomic mass is 10.0. The topological polar surface area (TPSA) is 68.3 Å². The standard InChI is InChI=1S/C12H12F6O4S2/c1-6-4-7(2)9(8(3)5-6)10(23(19,20)11(13,14)15)24(21,22)12(16,17)18/h4-5,10H,1-3H3. The van der Waals surface area contributed by atoms with Crippen LogP contribution in [0.1, 0.15) is 26.8 Å². The van der Waals surface area contributed by atoms with E-state index in [1.807, 2.05) is 0 Å². The normalized spacial score (nSPS) is 14.2. The highest BCUT2D eigenvalue weighted by atomic mass is 32.3. The maximum absolute atomic E-state index is 12.8. The molecule has 0 heterocycles. The minimum Gasteiger partial charge on any atom is -0.218 e. The van der Waals surface area contributed by atoms with E-state index in [2.05, 4.69) is 0 Å². The van der Waals surface area contributed by atoms with Gasteiger partial charge in [0.2, 0.25) is 4.58 Å². The Labute approximate surface area is 134 Å². The summed E-state index contributed by atoms with van der Waals surface area (Å²) < 4.78 is 120. The number of benzene rings is 1. The van der Waals surface area contributed by atoms with Gasteiger partial charge in [-0.05, 0) is 37.5 Å². The largest absolute Gasteiger partial charge is 0.499 e. The monoisotopic (exact) mass is 398 g/mol. The molecule has 0 saturated carbocycles. The van der Waals surface area contributed by atoms with Gasteiger partial charge in [0.1, 0.15) is 0 Å². The van der Waals surface area contributed by atoms with Crippen LogP contribution in [0.25, 0.3) is 0 Å². The summed E-state index contributed by atoms with van der Waals surface area (Å²) in [6.07, 6.45) is 0. The fourth-order valence-corrected chi connectivity index (χ4v) is 6.12. The molecule has 0 aromatic heterocycles. The molecule has 0 amide bonds. The van der Waals surface area contributed by atoms with Gasteiger partial charge in [0.15, 0.2) is 0 Å². The van der Waals surface area contributed by atoms with Crippen LogP contribution in [0.4, 0.5) is 26.3 Å². The van der Waals surface area contributed by atoms with Crippen LogP contribution < -0.4 is 0 Å². The van der Waals surface area contributed by atoms with Gasteiger partial charge in [0.25, 0.3) is 19.7 Å². The number of hydrogen-bond acceptors (Lipinski definition) is 4. The maximum Gasteiger partial charge on any atom is 0.499 e. The van der Waals surface area contributed by atoms with Crippen LogP contribution in [-0.2, 0) is 19.7 Å². The maximum atomic E-state index is 12.8. The van der Waals surface area contributed by atoms with Crippen LogP contribution in [0.3, 0.4) is 0 Å². The number of hydrogen-bond donors (Lipinski definition) is 0. The molecular formula is C12H12F6O4S2. The van der Waals surface area contributed by atoms with E-state index < -0.39 is 40.8 Å². The number of alkyl halides is 6. The first kappa shape index (κ1) is 20.7. The lowest BCUT2D eigenvalue weighted by Crippen LogP contribution is -2.40. The van der Waals surface area contributed by atoms with Gasteiger partial charge in [-0.15, -0.1) is 0 Å². The highest BCUT2D eigenvalue weighted by Gasteiger charge is 2.64. The predicted octanol–water partition coefficient (Wildman–Crippen LogP) is 3.48. The molecule has 0 aliphatic rings. The Hall–Kier alpha value is -1.30. The van der Waals surface area contributed by atoms with Gasteiger partial charge >= 0.3 is 11.0 Å². The molecule has 12 heteroatoms. The Morgan fingerprint density at radius 1 is 0.750 bits per heavy atom. The van der Waals surface area contributed by atoms with E-state index >= 15 is 0 Å². The molecule has 1 aromatic carbocycles. The van der Waals surface area contributed by atoms with E-state index in [9.17, 15) is 43.2 Å². The molecule has 1 aromatic rings. The Morgan fingerprint density at radius 2 is 1.04 bits per heavy atom. The second-order valence-corrected chi connectivity index (χ2v) is 9.47. The molecule has 24 heavy (non-hydrogen) atoms. The fraction of sp³-hybridized carbons (Fsp3) is 0.500. The van der Waals surface area contributed by atoms with Gasteiger partial charge < -0.3 is 0 Å². The van der Waals surface area contributed by atoms with Crippen molar-refractivity contribution in [3.63, 3.8) is 0 Å². The Morgan fingerprint density at radius 3 is 1.29 bits per heavy atom. The molecule has 0 atom stereocenters. The molecule has 0 bridgehead atoms. The zero-order valence-corrected chi connectivity index (χ0v) is 14.1. The third kappa shape index (κ3) is 3.39. The smallest absolute Gasteiger partial charge is 0.218 e. The van der Waals surface area contributed by atoms with E-state index in [1.54, 1.807) is 0 Å². The quantitative estimate of drug-likeness (QED) is 0.731. The van der Waals surface area contributed by atoms with Crippen molar-refractivity contribution < 1.29 is 43.2 Å². The molecule has 0 spiro atoms. The summed E-state index contributed by atoms with van der Waals surface area (Å²) in [4.78, 5) is 0. The summed E-state index contributed by atoms with van der Waals surface area (Å²) in [5, 5.41) is 0. The first-order valence-electron chi connectivity index (χ1n) is 6.12. The zero-order valence-electron chi connectivity index (χ0n) is 12.4. The third-order valence-corrected chi connectivity index (χ3v) is 7.59.